The number of nitrogens with two attached hydrogens (primary N) is 1. The highest BCUT2D eigenvalue weighted by Crippen LogP contribution is 2.17. The number of amides is 1. The lowest BCUT2D eigenvalue weighted by molar-refractivity contribution is -0.128. The quantitative estimate of drug-likeness (QED) is 0.802. The fourth-order valence-electron chi connectivity index (χ4n) is 2.93. The summed E-state index contributed by atoms with van der Waals surface area (Å²) in [5.74, 6) is -0.419. The maximum atomic E-state index is 12.5. The lowest BCUT2D eigenvalue weighted by Crippen LogP contribution is -2.53. The summed E-state index contributed by atoms with van der Waals surface area (Å²) in [6, 6.07) is 1.40. The first-order chi connectivity index (χ1) is 9.95. The number of ketones is 1. The average Bonchev–Trinajstić information content (AvgIpc) is 2.73. The van der Waals surface area contributed by atoms with Crippen LogP contribution in [0.25, 0.3) is 0 Å². The van der Waals surface area contributed by atoms with Crippen LogP contribution < -0.4 is 5.73 Å². The SMILES string of the molecule is CCn1c(C)cc(C(=O)CN2CCOCC2C(N)=O)c1C. The average molecular weight is 293 g/mol. The summed E-state index contributed by atoms with van der Waals surface area (Å²) in [5.41, 5.74) is 8.15. The maximum Gasteiger partial charge on any atom is 0.237 e. The molecule has 21 heavy (non-hydrogen) atoms. The number of hydrogen-bond acceptors (Lipinski definition) is 4. The Labute approximate surface area is 124 Å². The van der Waals surface area contributed by atoms with Gasteiger partial charge in [-0.25, -0.2) is 0 Å². The van der Waals surface area contributed by atoms with E-state index in [9.17, 15) is 9.59 Å². The number of ether oxygens (including phenoxy) is 1. The smallest absolute Gasteiger partial charge is 0.237 e. The van der Waals surface area contributed by atoms with Gasteiger partial charge in [-0.1, -0.05) is 0 Å². The van der Waals surface area contributed by atoms with Crippen molar-refractivity contribution in [1.29, 1.82) is 0 Å². The molecular weight excluding hydrogens is 270 g/mol. The molecule has 2 heterocycles. The van der Waals surface area contributed by atoms with Crippen molar-refractivity contribution in [3.63, 3.8) is 0 Å². The molecule has 0 bridgehead atoms. The molecule has 6 heteroatoms. The summed E-state index contributed by atoms with van der Waals surface area (Å²) >= 11 is 0. The van der Waals surface area contributed by atoms with Crippen LogP contribution in [0.5, 0.6) is 0 Å². The Balaban J connectivity index is 2.15. The number of morpholine rings is 1. The molecule has 1 atom stereocenters. The fourth-order valence-corrected chi connectivity index (χ4v) is 2.93. The maximum absolute atomic E-state index is 12.5. The van der Waals surface area contributed by atoms with Crippen molar-refractivity contribution in [1.82, 2.24) is 9.47 Å². The van der Waals surface area contributed by atoms with Gasteiger partial charge in [0.15, 0.2) is 5.78 Å². The van der Waals surface area contributed by atoms with Gasteiger partial charge in [0.05, 0.1) is 19.8 Å². The predicted octanol–water partition coefficient (Wildman–Crippen LogP) is 0.494. The molecule has 1 aromatic rings. The van der Waals surface area contributed by atoms with E-state index in [1.807, 2.05) is 24.8 Å². The number of aryl methyl sites for hydroxylation is 1. The normalized spacial score (nSPS) is 19.7. The van der Waals surface area contributed by atoms with Gasteiger partial charge in [0, 0.05) is 30.0 Å². The van der Waals surface area contributed by atoms with Crippen LogP contribution in [-0.4, -0.2) is 53.5 Å². The van der Waals surface area contributed by atoms with Gasteiger partial charge >= 0.3 is 0 Å². The highest BCUT2D eigenvalue weighted by atomic mass is 16.5. The summed E-state index contributed by atoms with van der Waals surface area (Å²) in [7, 11) is 0. The molecule has 1 aliphatic rings. The zero-order valence-electron chi connectivity index (χ0n) is 12.9. The number of nitrogens with zero attached hydrogens (tertiary/aromatic N) is 2. The topological polar surface area (TPSA) is 77.6 Å². The number of aromatic nitrogens is 1. The standard InChI is InChI=1S/C15H23N3O3/c1-4-18-10(2)7-12(11(18)3)14(19)8-17-5-6-21-9-13(17)15(16)20/h7,13H,4-6,8-9H2,1-3H3,(H2,16,20). The van der Waals surface area contributed by atoms with Crippen LogP contribution >= 0.6 is 0 Å². The third-order valence-corrected chi connectivity index (χ3v) is 4.10. The van der Waals surface area contributed by atoms with Gasteiger partial charge in [0.1, 0.15) is 6.04 Å². The minimum atomic E-state index is -0.516. The molecule has 1 aromatic heterocycles. The van der Waals surface area contributed by atoms with Crippen LogP contribution in [0, 0.1) is 13.8 Å². The molecule has 1 unspecified atom stereocenters. The third-order valence-electron chi connectivity index (χ3n) is 4.10. The van der Waals surface area contributed by atoms with Gasteiger partial charge in [-0.15, -0.1) is 0 Å². The second kappa shape index (κ2) is 6.41. The number of Topliss-reactive ketones (excluding diaryl/α,β-unsaturated/α-hetero) is 1. The van der Waals surface area contributed by atoms with E-state index >= 15 is 0 Å². The molecule has 2 rings (SSSR count). The van der Waals surface area contributed by atoms with E-state index in [1.54, 1.807) is 0 Å². The number of primary amides is 1. The Hall–Kier alpha value is -1.66. The molecule has 116 valence electrons. The zero-order valence-corrected chi connectivity index (χ0v) is 12.9. The van der Waals surface area contributed by atoms with E-state index in [-0.39, 0.29) is 18.9 Å². The van der Waals surface area contributed by atoms with Gasteiger partial charge in [0.2, 0.25) is 5.91 Å². The number of carbonyl (C=O) groups excluding carboxylic acids is 2. The number of rotatable bonds is 5. The largest absolute Gasteiger partial charge is 0.378 e. The molecule has 2 N–H and O–H groups in total. The molecular formula is C15H23N3O3. The van der Waals surface area contributed by atoms with Crippen LogP contribution in [0.4, 0.5) is 0 Å². The van der Waals surface area contributed by atoms with Crippen molar-refractivity contribution in [2.75, 3.05) is 26.3 Å². The van der Waals surface area contributed by atoms with Crippen molar-refractivity contribution in [2.45, 2.75) is 33.4 Å². The summed E-state index contributed by atoms with van der Waals surface area (Å²) in [4.78, 5) is 25.8. The molecule has 1 amide bonds. The van der Waals surface area contributed by atoms with Gasteiger partial charge in [0.25, 0.3) is 0 Å². The second-order valence-electron chi connectivity index (χ2n) is 5.42. The van der Waals surface area contributed by atoms with Crippen molar-refractivity contribution < 1.29 is 14.3 Å². The fraction of sp³-hybridized carbons (Fsp3) is 0.600. The lowest BCUT2D eigenvalue weighted by Gasteiger charge is -2.32. The monoisotopic (exact) mass is 293 g/mol. The van der Waals surface area contributed by atoms with Crippen LogP contribution in [-0.2, 0) is 16.1 Å². The first-order valence-electron chi connectivity index (χ1n) is 7.26. The van der Waals surface area contributed by atoms with Crippen molar-refractivity contribution >= 4 is 11.7 Å². The zero-order chi connectivity index (χ0) is 15.6. The lowest BCUT2D eigenvalue weighted by atomic mass is 10.1. The molecule has 1 saturated heterocycles. The van der Waals surface area contributed by atoms with Crippen LogP contribution in [0.1, 0.15) is 28.7 Å². The molecule has 0 aliphatic carbocycles. The van der Waals surface area contributed by atoms with Gasteiger partial charge in [-0.05, 0) is 26.8 Å². The van der Waals surface area contributed by atoms with E-state index in [4.69, 9.17) is 10.5 Å². The van der Waals surface area contributed by atoms with E-state index < -0.39 is 11.9 Å². The Bertz CT molecular complexity index is 551. The Morgan fingerprint density at radius 2 is 2.14 bits per heavy atom. The van der Waals surface area contributed by atoms with Gasteiger partial charge in [-0.3, -0.25) is 14.5 Å². The van der Waals surface area contributed by atoms with Gasteiger partial charge in [-0.2, -0.15) is 0 Å². The van der Waals surface area contributed by atoms with E-state index in [0.717, 1.165) is 23.5 Å². The first-order valence-corrected chi connectivity index (χ1v) is 7.26. The van der Waals surface area contributed by atoms with E-state index in [1.165, 1.54) is 0 Å². The Morgan fingerprint density at radius 3 is 2.71 bits per heavy atom. The second-order valence-corrected chi connectivity index (χ2v) is 5.42. The van der Waals surface area contributed by atoms with Gasteiger partial charge < -0.3 is 15.0 Å². The molecule has 0 saturated carbocycles. The molecule has 0 spiro atoms. The minimum absolute atomic E-state index is 0.0240. The Morgan fingerprint density at radius 1 is 1.43 bits per heavy atom. The molecule has 1 fully saturated rings. The number of carbonyl (C=O) groups is 2. The molecule has 0 aromatic carbocycles. The van der Waals surface area contributed by atoms with E-state index in [0.29, 0.717) is 13.2 Å². The molecule has 6 nitrogen and oxygen atoms in total. The predicted molar refractivity (Wildman–Crippen MR) is 79.3 cm³/mol. The van der Waals surface area contributed by atoms with Crippen molar-refractivity contribution in [3.8, 4) is 0 Å². The molecule has 1 aliphatic heterocycles. The number of hydrogen-bond donors (Lipinski definition) is 1. The minimum Gasteiger partial charge on any atom is -0.378 e. The highest BCUT2D eigenvalue weighted by molar-refractivity contribution is 5.99. The third kappa shape index (κ3) is 3.16. The highest BCUT2D eigenvalue weighted by Gasteiger charge is 2.30. The summed E-state index contributed by atoms with van der Waals surface area (Å²) in [6.07, 6.45) is 0. The van der Waals surface area contributed by atoms with Crippen LogP contribution in [0.15, 0.2) is 6.07 Å². The van der Waals surface area contributed by atoms with Crippen LogP contribution in [0.2, 0.25) is 0 Å². The summed E-state index contributed by atoms with van der Waals surface area (Å²) < 4.78 is 7.38. The summed E-state index contributed by atoms with van der Waals surface area (Å²) in [5, 5.41) is 0. The van der Waals surface area contributed by atoms with Crippen molar-refractivity contribution in [3.05, 3.63) is 23.0 Å². The first kappa shape index (κ1) is 15.7. The van der Waals surface area contributed by atoms with E-state index in [2.05, 4.69) is 11.5 Å². The van der Waals surface area contributed by atoms with Crippen LogP contribution in [0.3, 0.4) is 0 Å². The Kier molecular flexibility index (Phi) is 4.80. The van der Waals surface area contributed by atoms with Crippen molar-refractivity contribution in [2.24, 2.45) is 5.73 Å². The molecule has 0 radical (unpaired) electrons. The summed E-state index contributed by atoms with van der Waals surface area (Å²) in [6.45, 7) is 8.37.